The number of ether oxygens (including phenoxy) is 2. The van der Waals surface area contributed by atoms with Crippen LogP contribution in [0.2, 0.25) is 0 Å². The van der Waals surface area contributed by atoms with Gasteiger partial charge in [-0.25, -0.2) is 14.6 Å². The number of benzene rings is 1. The summed E-state index contributed by atoms with van der Waals surface area (Å²) in [5, 5.41) is 14.8. The van der Waals surface area contributed by atoms with E-state index in [0.717, 1.165) is 60.9 Å². The highest BCUT2D eigenvalue weighted by Gasteiger charge is 2.47. The molecule has 33 heavy (non-hydrogen) atoms. The van der Waals surface area contributed by atoms with Crippen LogP contribution in [0.5, 0.6) is 5.75 Å². The summed E-state index contributed by atoms with van der Waals surface area (Å²) in [4.78, 5) is 12.0. The van der Waals surface area contributed by atoms with Crippen molar-refractivity contribution < 1.29 is 14.6 Å². The van der Waals surface area contributed by atoms with E-state index in [1.807, 2.05) is 35.9 Å². The lowest BCUT2D eigenvalue weighted by molar-refractivity contribution is 0.0973. The number of aromatic nitrogens is 4. The Morgan fingerprint density at radius 2 is 1.94 bits per heavy atom. The van der Waals surface area contributed by atoms with Gasteiger partial charge in [-0.3, -0.25) is 0 Å². The Hall–Kier alpha value is -2.75. The van der Waals surface area contributed by atoms with Crippen LogP contribution in [-0.4, -0.2) is 63.8 Å². The number of nitrogens with two attached hydrogens (primary N) is 1. The highest BCUT2D eigenvalue weighted by Crippen LogP contribution is 2.42. The average Bonchev–Trinajstić information content (AvgIpc) is 3.30. The van der Waals surface area contributed by atoms with Crippen molar-refractivity contribution in [3.8, 4) is 5.75 Å². The predicted octanol–water partition coefficient (Wildman–Crippen LogP) is 2.02. The van der Waals surface area contributed by atoms with Crippen molar-refractivity contribution in [2.24, 2.45) is 11.1 Å². The van der Waals surface area contributed by atoms with E-state index in [1.165, 1.54) is 0 Å². The van der Waals surface area contributed by atoms with Gasteiger partial charge in [0.15, 0.2) is 11.5 Å². The minimum atomic E-state index is -0.174. The topological polar surface area (TPSA) is 112 Å². The van der Waals surface area contributed by atoms with E-state index in [4.69, 9.17) is 30.3 Å². The number of hydrogen-bond donors (Lipinski definition) is 2. The molecule has 0 bridgehead atoms. The Morgan fingerprint density at radius 1 is 1.21 bits per heavy atom. The monoisotopic (exact) mass is 452 g/mol. The van der Waals surface area contributed by atoms with Gasteiger partial charge in [0.1, 0.15) is 17.0 Å². The highest BCUT2D eigenvalue weighted by molar-refractivity contribution is 5.76. The van der Waals surface area contributed by atoms with Crippen molar-refractivity contribution in [3.63, 3.8) is 0 Å². The molecule has 0 amide bonds. The number of aryl methyl sites for hydroxylation is 1. The maximum atomic E-state index is 10.1. The number of fused-ring (bicyclic) bond motifs is 1. The number of anilines is 1. The van der Waals surface area contributed by atoms with Crippen LogP contribution in [0.25, 0.3) is 11.2 Å². The molecule has 5 rings (SSSR count). The van der Waals surface area contributed by atoms with Gasteiger partial charge in [0.25, 0.3) is 0 Å². The Labute approximate surface area is 193 Å². The number of aliphatic hydroxyl groups excluding tert-OH is 1. The third-order valence-electron chi connectivity index (χ3n) is 7.33. The minimum absolute atomic E-state index is 0.0337. The first kappa shape index (κ1) is 22.1. The molecule has 3 N–H and O–H groups in total. The van der Waals surface area contributed by atoms with Gasteiger partial charge in [0.2, 0.25) is 0 Å². The molecule has 2 aliphatic heterocycles. The van der Waals surface area contributed by atoms with E-state index in [2.05, 4.69) is 11.8 Å². The van der Waals surface area contributed by atoms with Gasteiger partial charge in [0.05, 0.1) is 38.7 Å². The van der Waals surface area contributed by atoms with Gasteiger partial charge >= 0.3 is 0 Å². The number of nitrogens with zero attached hydrogens (tertiary/aromatic N) is 5. The molecular weight excluding hydrogens is 420 g/mol. The summed E-state index contributed by atoms with van der Waals surface area (Å²) in [6, 6.07) is 7.95. The minimum Gasteiger partial charge on any atom is -0.497 e. The third kappa shape index (κ3) is 3.84. The van der Waals surface area contributed by atoms with Crippen molar-refractivity contribution >= 4 is 17.0 Å². The molecule has 2 aromatic heterocycles. The standard InChI is InChI=1S/C24H32N6O3/c1-15-20-23(30(28-15)12-17-4-6-18(32-3)7-5-17)26-19(13-31)22(27-20)29-10-8-24(9-11-29)14-33-16(2)21(24)25/h4-7,16,21,31H,8-14,25H2,1-3H3/t16-,21+/m0/s1. The van der Waals surface area contributed by atoms with Gasteiger partial charge in [-0.1, -0.05) is 12.1 Å². The Morgan fingerprint density at radius 3 is 2.55 bits per heavy atom. The summed E-state index contributed by atoms with van der Waals surface area (Å²) in [5.74, 6) is 1.56. The van der Waals surface area contributed by atoms with Crippen molar-refractivity contribution in [3.05, 3.63) is 41.2 Å². The number of rotatable bonds is 5. The fraction of sp³-hybridized carbons (Fsp3) is 0.542. The average molecular weight is 453 g/mol. The van der Waals surface area contributed by atoms with Crippen LogP contribution < -0.4 is 15.4 Å². The predicted molar refractivity (Wildman–Crippen MR) is 125 cm³/mol. The third-order valence-corrected chi connectivity index (χ3v) is 7.33. The van der Waals surface area contributed by atoms with Gasteiger partial charge < -0.3 is 25.2 Å². The molecule has 9 nitrogen and oxygen atoms in total. The van der Waals surface area contributed by atoms with Crippen LogP contribution in [0.15, 0.2) is 24.3 Å². The Balaban J connectivity index is 1.42. The molecule has 2 fully saturated rings. The highest BCUT2D eigenvalue weighted by atomic mass is 16.5. The first-order valence-corrected chi connectivity index (χ1v) is 11.5. The largest absolute Gasteiger partial charge is 0.497 e. The van der Waals surface area contributed by atoms with Crippen molar-refractivity contribution in [2.45, 2.75) is 52.0 Å². The molecule has 1 aromatic carbocycles. The van der Waals surface area contributed by atoms with E-state index < -0.39 is 0 Å². The second-order valence-electron chi connectivity index (χ2n) is 9.31. The van der Waals surface area contributed by atoms with Crippen molar-refractivity contribution in [1.29, 1.82) is 0 Å². The van der Waals surface area contributed by atoms with Crippen LogP contribution >= 0.6 is 0 Å². The summed E-state index contributed by atoms with van der Waals surface area (Å²) < 4.78 is 12.9. The summed E-state index contributed by atoms with van der Waals surface area (Å²) >= 11 is 0. The molecule has 2 atom stereocenters. The molecule has 3 aromatic rings. The maximum absolute atomic E-state index is 10.1. The van der Waals surface area contributed by atoms with Crippen molar-refractivity contribution in [2.75, 3.05) is 31.7 Å². The van der Waals surface area contributed by atoms with E-state index in [0.29, 0.717) is 17.9 Å². The molecule has 176 valence electrons. The normalized spacial score (nSPS) is 22.4. The molecule has 0 aliphatic carbocycles. The molecule has 0 unspecified atom stereocenters. The van der Waals surface area contributed by atoms with E-state index >= 15 is 0 Å². The molecular formula is C24H32N6O3. The van der Waals surface area contributed by atoms with Gasteiger partial charge in [0, 0.05) is 24.5 Å². The number of piperidine rings is 1. The molecule has 0 radical (unpaired) electrons. The SMILES string of the molecule is COc1ccc(Cn2nc(C)c3nc(N4CCC5(CC4)CO[C@@H](C)[C@H]5N)c(CO)nc32)cc1. The van der Waals surface area contributed by atoms with E-state index in [9.17, 15) is 5.11 Å². The first-order valence-electron chi connectivity index (χ1n) is 11.5. The van der Waals surface area contributed by atoms with Crippen LogP contribution in [-0.2, 0) is 17.9 Å². The molecule has 2 saturated heterocycles. The summed E-state index contributed by atoms with van der Waals surface area (Å²) in [6.45, 7) is 6.75. The van der Waals surface area contributed by atoms with Gasteiger partial charge in [-0.15, -0.1) is 0 Å². The molecule has 0 saturated carbocycles. The lowest BCUT2D eigenvalue weighted by atomic mass is 9.73. The van der Waals surface area contributed by atoms with Crippen LogP contribution in [0, 0.1) is 12.3 Å². The summed E-state index contributed by atoms with van der Waals surface area (Å²) in [7, 11) is 1.65. The molecule has 9 heteroatoms. The second kappa shape index (κ2) is 8.55. The number of aliphatic hydroxyl groups is 1. The molecule has 2 aliphatic rings. The summed E-state index contributed by atoms with van der Waals surface area (Å²) in [5.41, 5.74) is 10.5. The molecule has 1 spiro atoms. The van der Waals surface area contributed by atoms with Gasteiger partial charge in [-0.2, -0.15) is 5.10 Å². The zero-order chi connectivity index (χ0) is 23.2. The zero-order valence-corrected chi connectivity index (χ0v) is 19.5. The summed E-state index contributed by atoms with van der Waals surface area (Å²) in [6.07, 6.45) is 1.98. The number of methoxy groups -OCH3 is 1. The lowest BCUT2D eigenvalue weighted by Gasteiger charge is -2.41. The molecule has 4 heterocycles. The smallest absolute Gasteiger partial charge is 0.177 e. The first-order chi connectivity index (χ1) is 15.9. The number of hydrogen-bond acceptors (Lipinski definition) is 8. The van der Waals surface area contributed by atoms with Crippen LogP contribution in [0.4, 0.5) is 5.82 Å². The lowest BCUT2D eigenvalue weighted by Crippen LogP contribution is -2.51. The van der Waals surface area contributed by atoms with Crippen molar-refractivity contribution in [1.82, 2.24) is 19.7 Å². The van der Waals surface area contributed by atoms with Crippen LogP contribution in [0.1, 0.15) is 36.7 Å². The van der Waals surface area contributed by atoms with E-state index in [1.54, 1.807) is 7.11 Å². The van der Waals surface area contributed by atoms with E-state index in [-0.39, 0.29) is 24.2 Å². The quantitative estimate of drug-likeness (QED) is 0.605. The zero-order valence-electron chi connectivity index (χ0n) is 19.5. The fourth-order valence-electron chi connectivity index (χ4n) is 5.16. The second-order valence-corrected chi connectivity index (χ2v) is 9.31. The fourth-order valence-corrected chi connectivity index (χ4v) is 5.16. The Bertz CT molecular complexity index is 1140. The van der Waals surface area contributed by atoms with Crippen LogP contribution in [0.3, 0.4) is 0 Å². The Kier molecular flexibility index (Phi) is 5.72. The maximum Gasteiger partial charge on any atom is 0.177 e. The van der Waals surface area contributed by atoms with Gasteiger partial charge in [-0.05, 0) is 44.4 Å².